The van der Waals surface area contributed by atoms with Crippen molar-refractivity contribution in [3.05, 3.63) is 67.0 Å². The SMILES string of the molecule is O=C(c1cccc2c1COCC2)N1CCc2c([nH]c(=O)[nH]c2=O)C1. The Morgan fingerprint density at radius 3 is 2.88 bits per heavy atom. The van der Waals surface area contributed by atoms with Gasteiger partial charge in [-0.05, 0) is 30.0 Å². The minimum absolute atomic E-state index is 0.0934. The topological polar surface area (TPSA) is 95.3 Å². The number of ether oxygens (including phenoxy) is 1. The Balaban J connectivity index is 1.67. The van der Waals surface area contributed by atoms with E-state index in [0.29, 0.717) is 43.0 Å². The molecule has 1 aromatic heterocycles. The van der Waals surface area contributed by atoms with E-state index in [1.807, 2.05) is 18.2 Å². The van der Waals surface area contributed by atoms with E-state index < -0.39 is 5.69 Å². The maximum atomic E-state index is 12.9. The zero-order valence-electron chi connectivity index (χ0n) is 13.1. The first kappa shape index (κ1) is 14.9. The van der Waals surface area contributed by atoms with Crippen LogP contribution in [0.15, 0.2) is 27.8 Å². The Labute approximate surface area is 137 Å². The highest BCUT2D eigenvalue weighted by Crippen LogP contribution is 2.24. The predicted octanol–water partition coefficient (Wildman–Crippen LogP) is 0.334. The molecule has 3 heterocycles. The third-order valence-electron chi connectivity index (χ3n) is 4.66. The fourth-order valence-electron chi connectivity index (χ4n) is 3.42. The van der Waals surface area contributed by atoms with E-state index in [-0.39, 0.29) is 18.0 Å². The van der Waals surface area contributed by atoms with E-state index in [4.69, 9.17) is 4.74 Å². The molecule has 1 amide bonds. The van der Waals surface area contributed by atoms with Gasteiger partial charge in [-0.2, -0.15) is 0 Å². The minimum atomic E-state index is -0.543. The van der Waals surface area contributed by atoms with Gasteiger partial charge >= 0.3 is 5.69 Å². The van der Waals surface area contributed by atoms with Crippen molar-refractivity contribution in [3.63, 3.8) is 0 Å². The molecule has 2 aliphatic rings. The van der Waals surface area contributed by atoms with Crippen LogP contribution < -0.4 is 11.2 Å². The molecular weight excluding hydrogens is 310 g/mol. The van der Waals surface area contributed by atoms with Gasteiger partial charge in [-0.25, -0.2) is 4.79 Å². The van der Waals surface area contributed by atoms with Crippen LogP contribution in [0, 0.1) is 0 Å². The first-order chi connectivity index (χ1) is 11.6. The second kappa shape index (κ2) is 5.76. The van der Waals surface area contributed by atoms with Gasteiger partial charge in [0.05, 0.1) is 19.8 Å². The van der Waals surface area contributed by atoms with E-state index in [0.717, 1.165) is 17.5 Å². The van der Waals surface area contributed by atoms with Crippen LogP contribution in [-0.2, 0) is 30.7 Å². The van der Waals surface area contributed by atoms with Crippen LogP contribution in [0.1, 0.15) is 32.7 Å². The Morgan fingerprint density at radius 1 is 1.12 bits per heavy atom. The number of carbonyl (C=O) groups excluding carboxylic acids is 1. The molecule has 24 heavy (non-hydrogen) atoms. The van der Waals surface area contributed by atoms with E-state index in [9.17, 15) is 14.4 Å². The van der Waals surface area contributed by atoms with Crippen LogP contribution in [0.5, 0.6) is 0 Å². The van der Waals surface area contributed by atoms with Crippen molar-refractivity contribution in [1.29, 1.82) is 0 Å². The lowest BCUT2D eigenvalue weighted by molar-refractivity contribution is 0.0716. The number of aromatic nitrogens is 2. The van der Waals surface area contributed by atoms with Crippen LogP contribution in [0.3, 0.4) is 0 Å². The second-order valence-corrected chi connectivity index (χ2v) is 6.09. The number of carbonyl (C=O) groups is 1. The van der Waals surface area contributed by atoms with Crippen molar-refractivity contribution in [2.45, 2.75) is 26.0 Å². The maximum Gasteiger partial charge on any atom is 0.325 e. The highest BCUT2D eigenvalue weighted by molar-refractivity contribution is 5.96. The summed E-state index contributed by atoms with van der Waals surface area (Å²) in [7, 11) is 0. The highest BCUT2D eigenvalue weighted by Gasteiger charge is 2.27. The second-order valence-electron chi connectivity index (χ2n) is 6.09. The summed E-state index contributed by atoms with van der Waals surface area (Å²) < 4.78 is 5.50. The van der Waals surface area contributed by atoms with Gasteiger partial charge in [-0.3, -0.25) is 14.6 Å². The van der Waals surface area contributed by atoms with Crippen molar-refractivity contribution >= 4 is 5.91 Å². The average molecular weight is 327 g/mol. The lowest BCUT2D eigenvalue weighted by Crippen LogP contribution is -2.41. The number of hydrogen-bond acceptors (Lipinski definition) is 4. The highest BCUT2D eigenvalue weighted by atomic mass is 16.5. The molecule has 7 nitrogen and oxygen atoms in total. The number of fused-ring (bicyclic) bond motifs is 2. The number of nitrogens with one attached hydrogen (secondary N) is 2. The van der Waals surface area contributed by atoms with E-state index in [1.54, 1.807) is 4.90 Å². The van der Waals surface area contributed by atoms with Gasteiger partial charge in [0, 0.05) is 23.4 Å². The molecule has 1 aromatic carbocycles. The summed E-state index contributed by atoms with van der Waals surface area (Å²) in [5.41, 5.74) is 2.89. The molecule has 0 saturated carbocycles. The van der Waals surface area contributed by atoms with Crippen molar-refractivity contribution in [3.8, 4) is 0 Å². The van der Waals surface area contributed by atoms with E-state index in [1.165, 1.54) is 0 Å². The molecule has 7 heteroatoms. The first-order valence-corrected chi connectivity index (χ1v) is 7.95. The Kier molecular flexibility index (Phi) is 3.57. The standard InChI is InChI=1S/C17H17N3O4/c21-15-12-4-6-20(8-14(12)18-17(23)19-15)16(22)11-3-1-2-10-5-7-24-9-13(10)11/h1-3H,4-9H2,(H2,18,19,21,23). The van der Waals surface area contributed by atoms with Gasteiger partial charge < -0.3 is 14.6 Å². The molecule has 2 aromatic rings. The molecule has 124 valence electrons. The molecule has 0 aliphatic carbocycles. The maximum absolute atomic E-state index is 12.9. The molecule has 2 aliphatic heterocycles. The molecule has 0 spiro atoms. The summed E-state index contributed by atoms with van der Waals surface area (Å²) in [6, 6.07) is 5.73. The van der Waals surface area contributed by atoms with Crippen LogP contribution in [0.2, 0.25) is 0 Å². The molecule has 0 unspecified atom stereocenters. The molecule has 4 rings (SSSR count). The molecule has 0 atom stereocenters. The van der Waals surface area contributed by atoms with Gasteiger partial charge in [-0.1, -0.05) is 12.1 Å². The molecule has 2 N–H and O–H groups in total. The first-order valence-electron chi connectivity index (χ1n) is 7.95. The molecular formula is C17H17N3O4. The molecule has 0 fully saturated rings. The fourth-order valence-corrected chi connectivity index (χ4v) is 3.42. The number of nitrogens with zero attached hydrogens (tertiary/aromatic N) is 1. The number of hydrogen-bond donors (Lipinski definition) is 2. The van der Waals surface area contributed by atoms with Gasteiger partial charge in [-0.15, -0.1) is 0 Å². The third-order valence-corrected chi connectivity index (χ3v) is 4.66. The van der Waals surface area contributed by atoms with Crippen molar-refractivity contribution in [2.24, 2.45) is 0 Å². The largest absolute Gasteiger partial charge is 0.376 e. The summed E-state index contributed by atoms with van der Waals surface area (Å²) in [6.07, 6.45) is 1.24. The summed E-state index contributed by atoms with van der Waals surface area (Å²) in [6.45, 7) is 1.80. The number of benzene rings is 1. The van der Waals surface area contributed by atoms with Gasteiger partial charge in [0.25, 0.3) is 11.5 Å². The Bertz CT molecular complexity index is 928. The summed E-state index contributed by atoms with van der Waals surface area (Å²) in [5.74, 6) is -0.0934. The minimum Gasteiger partial charge on any atom is -0.376 e. The number of amides is 1. The lowest BCUT2D eigenvalue weighted by Gasteiger charge is -2.29. The number of aromatic amines is 2. The van der Waals surface area contributed by atoms with Gasteiger partial charge in [0.2, 0.25) is 0 Å². The monoisotopic (exact) mass is 327 g/mol. The Morgan fingerprint density at radius 2 is 2.00 bits per heavy atom. The van der Waals surface area contributed by atoms with Crippen LogP contribution in [-0.4, -0.2) is 33.9 Å². The predicted molar refractivity (Wildman–Crippen MR) is 85.9 cm³/mol. The Hall–Kier alpha value is -2.67. The smallest absolute Gasteiger partial charge is 0.325 e. The zero-order valence-corrected chi connectivity index (χ0v) is 13.1. The van der Waals surface area contributed by atoms with Gasteiger partial charge in [0.15, 0.2) is 0 Å². The molecule has 0 bridgehead atoms. The molecule has 0 saturated heterocycles. The van der Waals surface area contributed by atoms with Crippen LogP contribution in [0.4, 0.5) is 0 Å². The lowest BCUT2D eigenvalue weighted by atomic mass is 9.96. The van der Waals surface area contributed by atoms with Crippen LogP contribution >= 0.6 is 0 Å². The summed E-state index contributed by atoms with van der Waals surface area (Å²) in [4.78, 5) is 42.8. The summed E-state index contributed by atoms with van der Waals surface area (Å²) >= 11 is 0. The normalized spacial score (nSPS) is 16.4. The van der Waals surface area contributed by atoms with E-state index >= 15 is 0 Å². The quantitative estimate of drug-likeness (QED) is 0.789. The van der Waals surface area contributed by atoms with Crippen molar-refractivity contribution in [1.82, 2.24) is 14.9 Å². The van der Waals surface area contributed by atoms with E-state index in [2.05, 4.69) is 9.97 Å². The van der Waals surface area contributed by atoms with Crippen molar-refractivity contribution < 1.29 is 9.53 Å². The molecule has 0 radical (unpaired) electrons. The van der Waals surface area contributed by atoms with Gasteiger partial charge in [0.1, 0.15) is 0 Å². The number of rotatable bonds is 1. The van der Waals surface area contributed by atoms with Crippen molar-refractivity contribution in [2.75, 3.05) is 13.2 Å². The zero-order chi connectivity index (χ0) is 16.7. The van der Waals surface area contributed by atoms with Crippen LogP contribution in [0.25, 0.3) is 0 Å². The third kappa shape index (κ3) is 2.46. The number of H-pyrrole nitrogens is 2. The fraction of sp³-hybridized carbons (Fsp3) is 0.353. The average Bonchev–Trinajstić information content (AvgIpc) is 2.60. The summed E-state index contributed by atoms with van der Waals surface area (Å²) in [5, 5.41) is 0.